The molecule has 4 aromatic rings. The lowest BCUT2D eigenvalue weighted by Gasteiger charge is -2.11. The van der Waals surface area contributed by atoms with E-state index in [1.165, 1.54) is 0 Å². The molecule has 0 amide bonds. The topological polar surface area (TPSA) is 60.7 Å². The smallest absolute Gasteiger partial charge is 0.255 e. The Morgan fingerprint density at radius 2 is 1.79 bits per heavy atom. The maximum atomic E-state index is 12.4. The van der Waals surface area contributed by atoms with Crippen molar-refractivity contribution < 1.29 is 0 Å². The van der Waals surface area contributed by atoms with E-state index >= 15 is 0 Å². The van der Waals surface area contributed by atoms with Gasteiger partial charge in [0.05, 0.1) is 5.69 Å². The van der Waals surface area contributed by atoms with E-state index in [9.17, 15) is 4.79 Å². The number of pyridine rings is 1. The first-order valence-corrected chi connectivity index (χ1v) is 7.84. The molecule has 0 saturated carbocycles. The van der Waals surface area contributed by atoms with Gasteiger partial charge in [0, 0.05) is 34.5 Å². The van der Waals surface area contributed by atoms with Gasteiger partial charge in [-0.3, -0.25) is 4.79 Å². The quantitative estimate of drug-likeness (QED) is 0.518. The molecule has 4 nitrogen and oxygen atoms in total. The average Bonchev–Trinajstić information content (AvgIpc) is 3.07. The van der Waals surface area contributed by atoms with Crippen molar-refractivity contribution in [2.24, 2.45) is 0 Å². The summed E-state index contributed by atoms with van der Waals surface area (Å²) < 4.78 is 0. The first-order valence-electron chi connectivity index (χ1n) is 7.84. The molecule has 2 aromatic carbocycles. The van der Waals surface area contributed by atoms with Gasteiger partial charge >= 0.3 is 0 Å². The Morgan fingerprint density at radius 1 is 0.917 bits per heavy atom. The van der Waals surface area contributed by atoms with E-state index in [-0.39, 0.29) is 5.56 Å². The molecule has 0 aliphatic carbocycles. The van der Waals surface area contributed by atoms with Gasteiger partial charge in [-0.05, 0) is 42.3 Å². The lowest BCUT2D eigenvalue weighted by molar-refractivity contribution is 1.24. The fraction of sp³-hybridized carbons (Fsp3) is 0.0500. The molecule has 0 atom stereocenters. The lowest BCUT2D eigenvalue weighted by atomic mass is 10.0. The van der Waals surface area contributed by atoms with Gasteiger partial charge < -0.3 is 15.3 Å². The van der Waals surface area contributed by atoms with Crippen molar-refractivity contribution in [3.8, 4) is 11.1 Å². The van der Waals surface area contributed by atoms with Crippen molar-refractivity contribution in [3.05, 3.63) is 82.9 Å². The highest BCUT2D eigenvalue weighted by Gasteiger charge is 2.09. The number of aromatic nitrogens is 2. The molecule has 0 unspecified atom stereocenters. The number of fused-ring (bicyclic) bond motifs is 1. The molecule has 0 fully saturated rings. The summed E-state index contributed by atoms with van der Waals surface area (Å²) in [7, 11) is 0. The van der Waals surface area contributed by atoms with E-state index in [0.717, 1.165) is 33.4 Å². The molecule has 0 aliphatic heterocycles. The van der Waals surface area contributed by atoms with Crippen LogP contribution in [0.25, 0.3) is 22.0 Å². The maximum absolute atomic E-state index is 12.4. The number of hydrogen-bond donors (Lipinski definition) is 3. The Bertz CT molecular complexity index is 1080. The number of aryl methyl sites for hydroxylation is 1. The third kappa shape index (κ3) is 2.48. The normalized spacial score (nSPS) is 10.9. The van der Waals surface area contributed by atoms with Crippen molar-refractivity contribution in [1.82, 2.24) is 9.97 Å². The highest BCUT2D eigenvalue weighted by atomic mass is 16.1. The summed E-state index contributed by atoms with van der Waals surface area (Å²) in [5, 5.41) is 4.41. The van der Waals surface area contributed by atoms with Crippen molar-refractivity contribution in [1.29, 1.82) is 0 Å². The van der Waals surface area contributed by atoms with E-state index in [0.29, 0.717) is 5.56 Å². The zero-order chi connectivity index (χ0) is 16.5. The molecular weight excluding hydrogens is 298 g/mol. The van der Waals surface area contributed by atoms with Crippen LogP contribution < -0.4 is 10.9 Å². The third-order valence-electron chi connectivity index (χ3n) is 4.21. The molecule has 24 heavy (non-hydrogen) atoms. The Morgan fingerprint density at radius 3 is 2.67 bits per heavy atom. The zero-order valence-electron chi connectivity index (χ0n) is 13.3. The van der Waals surface area contributed by atoms with Gasteiger partial charge in [0.2, 0.25) is 0 Å². The second-order valence-corrected chi connectivity index (χ2v) is 5.82. The summed E-state index contributed by atoms with van der Waals surface area (Å²) in [6.45, 7) is 2.05. The summed E-state index contributed by atoms with van der Waals surface area (Å²) in [6, 6.07) is 17.9. The molecule has 0 spiro atoms. The molecule has 0 saturated heterocycles. The standard InChI is InChI=1S/C20H17N3O/c1-13-5-2-3-7-18(13)23-14-11-17(20(24)22-12-14)15-6-4-8-19-16(15)9-10-21-19/h2-12,21,23H,1H3,(H,22,24). The minimum absolute atomic E-state index is 0.0981. The number of aromatic amines is 2. The van der Waals surface area contributed by atoms with Crippen LogP contribution in [-0.2, 0) is 0 Å². The first kappa shape index (κ1) is 14.3. The van der Waals surface area contributed by atoms with Crippen LogP contribution in [0.1, 0.15) is 5.56 Å². The summed E-state index contributed by atoms with van der Waals surface area (Å²) >= 11 is 0. The highest BCUT2D eigenvalue weighted by molar-refractivity contribution is 5.95. The monoisotopic (exact) mass is 315 g/mol. The molecule has 2 heterocycles. The van der Waals surface area contributed by atoms with Crippen molar-refractivity contribution in [3.63, 3.8) is 0 Å². The Hall–Kier alpha value is -3.27. The van der Waals surface area contributed by atoms with Crippen molar-refractivity contribution in [2.45, 2.75) is 6.92 Å². The van der Waals surface area contributed by atoms with E-state index in [2.05, 4.69) is 28.3 Å². The predicted octanol–water partition coefficient (Wildman–Crippen LogP) is 4.58. The first-order chi connectivity index (χ1) is 11.7. The van der Waals surface area contributed by atoms with Gasteiger partial charge in [-0.15, -0.1) is 0 Å². The van der Waals surface area contributed by atoms with Crippen LogP contribution in [0.3, 0.4) is 0 Å². The molecular formula is C20H17N3O. The number of H-pyrrole nitrogens is 2. The minimum atomic E-state index is -0.0981. The Labute approximate surface area is 139 Å². The predicted molar refractivity (Wildman–Crippen MR) is 98.8 cm³/mol. The van der Waals surface area contributed by atoms with Gasteiger partial charge in [-0.2, -0.15) is 0 Å². The third-order valence-corrected chi connectivity index (χ3v) is 4.21. The molecule has 118 valence electrons. The summed E-state index contributed by atoms with van der Waals surface area (Å²) in [5.74, 6) is 0. The molecule has 2 aromatic heterocycles. The van der Waals surface area contributed by atoms with E-state index < -0.39 is 0 Å². The average molecular weight is 315 g/mol. The Balaban J connectivity index is 1.81. The van der Waals surface area contributed by atoms with E-state index in [1.807, 2.05) is 54.7 Å². The maximum Gasteiger partial charge on any atom is 0.255 e. The van der Waals surface area contributed by atoms with Crippen LogP contribution >= 0.6 is 0 Å². The summed E-state index contributed by atoms with van der Waals surface area (Å²) in [6.07, 6.45) is 3.59. The summed E-state index contributed by atoms with van der Waals surface area (Å²) in [5.41, 5.74) is 5.52. The number of para-hydroxylation sites is 1. The molecule has 4 heteroatoms. The van der Waals surface area contributed by atoms with E-state index in [1.54, 1.807) is 6.20 Å². The molecule has 3 N–H and O–H groups in total. The van der Waals surface area contributed by atoms with Gasteiger partial charge in [-0.25, -0.2) is 0 Å². The number of anilines is 2. The SMILES string of the molecule is Cc1ccccc1Nc1c[nH]c(=O)c(-c2cccc3[nH]ccc23)c1. The van der Waals surface area contributed by atoms with Crippen molar-refractivity contribution >= 4 is 22.3 Å². The minimum Gasteiger partial charge on any atom is -0.361 e. The Kier molecular flexibility index (Phi) is 3.43. The van der Waals surface area contributed by atoms with Crippen LogP contribution in [0.15, 0.2) is 71.8 Å². The van der Waals surface area contributed by atoms with Crippen LogP contribution in [0, 0.1) is 6.92 Å². The van der Waals surface area contributed by atoms with Crippen molar-refractivity contribution in [2.75, 3.05) is 5.32 Å². The summed E-state index contributed by atoms with van der Waals surface area (Å²) in [4.78, 5) is 18.4. The largest absolute Gasteiger partial charge is 0.361 e. The fourth-order valence-electron chi connectivity index (χ4n) is 2.94. The molecule has 4 rings (SSSR count). The fourth-order valence-corrected chi connectivity index (χ4v) is 2.94. The lowest BCUT2D eigenvalue weighted by Crippen LogP contribution is -2.09. The van der Waals surface area contributed by atoms with Gasteiger partial charge in [0.25, 0.3) is 5.56 Å². The zero-order valence-corrected chi connectivity index (χ0v) is 13.3. The highest BCUT2D eigenvalue weighted by Crippen LogP contribution is 2.28. The van der Waals surface area contributed by atoms with Gasteiger partial charge in [0.1, 0.15) is 0 Å². The number of benzene rings is 2. The number of nitrogens with one attached hydrogen (secondary N) is 3. The number of hydrogen-bond acceptors (Lipinski definition) is 2. The molecule has 0 bridgehead atoms. The van der Waals surface area contributed by atoms with Gasteiger partial charge in [-0.1, -0.05) is 30.3 Å². The van der Waals surface area contributed by atoms with E-state index in [4.69, 9.17) is 0 Å². The van der Waals surface area contributed by atoms with Crippen LogP contribution in [0.4, 0.5) is 11.4 Å². The number of rotatable bonds is 3. The van der Waals surface area contributed by atoms with Crippen LogP contribution in [-0.4, -0.2) is 9.97 Å². The molecule has 0 radical (unpaired) electrons. The van der Waals surface area contributed by atoms with Crippen LogP contribution in [0.2, 0.25) is 0 Å². The van der Waals surface area contributed by atoms with Crippen LogP contribution in [0.5, 0.6) is 0 Å². The van der Waals surface area contributed by atoms with Gasteiger partial charge in [0.15, 0.2) is 0 Å². The second-order valence-electron chi connectivity index (χ2n) is 5.82. The second kappa shape index (κ2) is 5.74. The molecule has 0 aliphatic rings.